The van der Waals surface area contributed by atoms with Crippen molar-refractivity contribution in [3.63, 3.8) is 0 Å². The molecule has 0 bridgehead atoms. The molecular weight excluding hydrogens is 845 g/mol. The molecule has 334 valence electrons. The van der Waals surface area contributed by atoms with Gasteiger partial charge in [-0.05, 0) is 167 Å². The Hall–Kier alpha value is -8.04. The Morgan fingerprint density at radius 3 is 0.557 bits per heavy atom. The van der Waals surface area contributed by atoms with Crippen LogP contribution < -0.4 is 0 Å². The largest absolute Gasteiger partial charge is 0.192 e. The highest BCUT2D eigenvalue weighted by Crippen LogP contribution is 2.63. The third kappa shape index (κ3) is 5.90. The fourth-order valence-corrected chi connectivity index (χ4v) is 13.4. The van der Waals surface area contributed by atoms with Gasteiger partial charge in [-0.2, -0.15) is 10.5 Å². The molecule has 0 saturated carbocycles. The minimum atomic E-state index is -0.316. The summed E-state index contributed by atoms with van der Waals surface area (Å²) in [6, 6.07) is 61.2. The topological polar surface area (TPSA) is 47.6 Å². The van der Waals surface area contributed by atoms with Crippen LogP contribution in [0.25, 0.3) is 44.5 Å². The number of nitrogens with zero attached hydrogens (tertiary/aromatic N) is 2. The summed E-state index contributed by atoms with van der Waals surface area (Å²) in [6.45, 7) is 17.5. The maximum atomic E-state index is 12.3. The van der Waals surface area contributed by atoms with Gasteiger partial charge >= 0.3 is 0 Å². The molecule has 70 heavy (non-hydrogen) atoms. The molecule has 13 rings (SSSR count). The van der Waals surface area contributed by atoms with Crippen LogP contribution >= 0.6 is 0 Å². The van der Waals surface area contributed by atoms with Crippen molar-refractivity contribution < 1.29 is 0 Å². The molecule has 4 aliphatic carbocycles. The standard InChI is InChI=1S/C68H52N2/c1-35-9-17-43-51(25-35)52-26-36(2)10-18-44(52)61(43)65-59(33-69)60(34-70)66(62-45-19-11-37(3)27-53(45)54-28-38(4)12-20-46(54)62)68(64-49-23-15-41(7)31-57(49)58-32-42(8)16-24-50(58)64)67(65)63-47-21-13-39(5)29-55(47)56-30-40(6)14-22-48(56)63/h9-32,61-64H,1-8H3. The Kier molecular flexibility index (Phi) is 9.16. The van der Waals surface area contributed by atoms with E-state index in [9.17, 15) is 10.5 Å². The van der Waals surface area contributed by atoms with Gasteiger partial charge in [0.2, 0.25) is 0 Å². The molecule has 0 spiro atoms. The number of rotatable bonds is 4. The fourth-order valence-electron chi connectivity index (χ4n) is 13.4. The summed E-state index contributed by atoms with van der Waals surface area (Å²) < 4.78 is 0. The highest BCUT2D eigenvalue weighted by atomic mass is 14.5. The monoisotopic (exact) mass is 896 g/mol. The minimum absolute atomic E-state index is 0.252. The van der Waals surface area contributed by atoms with Gasteiger partial charge < -0.3 is 0 Å². The van der Waals surface area contributed by atoms with E-state index in [1.54, 1.807) is 0 Å². The average molecular weight is 897 g/mol. The van der Waals surface area contributed by atoms with Gasteiger partial charge in [-0.1, -0.05) is 190 Å². The number of fused-ring (bicyclic) bond motifs is 12. The molecule has 0 unspecified atom stereocenters. The Bertz CT molecular complexity index is 3460. The lowest BCUT2D eigenvalue weighted by Gasteiger charge is -2.35. The van der Waals surface area contributed by atoms with Crippen LogP contribution in [0.4, 0.5) is 0 Å². The van der Waals surface area contributed by atoms with Crippen LogP contribution in [0.1, 0.15) is 146 Å². The molecular formula is C68H52N2. The number of hydrogen-bond donors (Lipinski definition) is 0. The molecule has 2 nitrogen and oxygen atoms in total. The maximum Gasteiger partial charge on any atom is 0.101 e. The molecule has 0 saturated heterocycles. The Morgan fingerprint density at radius 2 is 0.400 bits per heavy atom. The van der Waals surface area contributed by atoms with Gasteiger partial charge in [0.15, 0.2) is 0 Å². The van der Waals surface area contributed by atoms with Crippen molar-refractivity contribution in [3.8, 4) is 56.6 Å². The van der Waals surface area contributed by atoms with E-state index in [4.69, 9.17) is 0 Å². The smallest absolute Gasteiger partial charge is 0.101 e. The second kappa shape index (κ2) is 15.2. The second-order valence-electron chi connectivity index (χ2n) is 21.1. The summed E-state index contributed by atoms with van der Waals surface area (Å²) in [6.07, 6.45) is 0. The van der Waals surface area contributed by atoms with Crippen LogP contribution in [0.2, 0.25) is 0 Å². The van der Waals surface area contributed by atoms with Gasteiger partial charge in [0.1, 0.15) is 12.1 Å². The third-order valence-electron chi connectivity index (χ3n) is 16.4. The fraction of sp³-hybridized carbons (Fsp3) is 0.176. The number of hydrogen-bond acceptors (Lipinski definition) is 2. The van der Waals surface area contributed by atoms with E-state index in [-0.39, 0.29) is 23.7 Å². The van der Waals surface area contributed by atoms with Crippen LogP contribution in [0.5, 0.6) is 0 Å². The maximum absolute atomic E-state index is 12.3. The van der Waals surface area contributed by atoms with Crippen molar-refractivity contribution in [2.24, 2.45) is 0 Å². The van der Waals surface area contributed by atoms with Gasteiger partial charge in [-0.3, -0.25) is 0 Å². The molecule has 0 heterocycles. The van der Waals surface area contributed by atoms with Crippen molar-refractivity contribution in [1.82, 2.24) is 0 Å². The van der Waals surface area contributed by atoms with Crippen LogP contribution in [0.15, 0.2) is 146 Å². The molecule has 0 N–H and O–H groups in total. The van der Waals surface area contributed by atoms with Crippen LogP contribution in [-0.2, 0) is 0 Å². The van der Waals surface area contributed by atoms with Crippen LogP contribution in [0, 0.1) is 78.1 Å². The lowest BCUT2D eigenvalue weighted by molar-refractivity contribution is 0.837. The molecule has 0 atom stereocenters. The molecule has 0 aliphatic heterocycles. The lowest BCUT2D eigenvalue weighted by atomic mass is 9.66. The molecule has 4 aliphatic rings. The first kappa shape index (κ1) is 42.1. The van der Waals surface area contributed by atoms with Gasteiger partial charge in [-0.25, -0.2) is 0 Å². The zero-order valence-electron chi connectivity index (χ0n) is 41.1. The highest BCUT2D eigenvalue weighted by molar-refractivity contribution is 5.91. The van der Waals surface area contributed by atoms with Crippen LogP contribution in [-0.4, -0.2) is 0 Å². The van der Waals surface area contributed by atoms with Gasteiger partial charge in [0.05, 0.1) is 11.1 Å². The molecule has 9 aromatic carbocycles. The minimum Gasteiger partial charge on any atom is -0.192 e. The molecule has 0 radical (unpaired) electrons. The van der Waals surface area contributed by atoms with E-state index < -0.39 is 0 Å². The Morgan fingerprint density at radius 1 is 0.243 bits per heavy atom. The summed E-state index contributed by atoms with van der Waals surface area (Å²) >= 11 is 0. The van der Waals surface area contributed by atoms with Crippen molar-refractivity contribution in [3.05, 3.63) is 268 Å². The van der Waals surface area contributed by atoms with E-state index >= 15 is 0 Å². The number of benzene rings is 9. The van der Waals surface area contributed by atoms with E-state index in [0.717, 1.165) is 22.3 Å². The summed E-state index contributed by atoms with van der Waals surface area (Å²) in [5.41, 5.74) is 34.3. The Balaban J connectivity index is 1.30. The number of aryl methyl sites for hydroxylation is 8. The summed E-state index contributed by atoms with van der Waals surface area (Å²) in [5, 5.41) is 24.5. The van der Waals surface area contributed by atoms with E-state index in [0.29, 0.717) is 11.1 Å². The van der Waals surface area contributed by atoms with Crippen molar-refractivity contribution >= 4 is 0 Å². The first-order valence-electron chi connectivity index (χ1n) is 24.8. The van der Waals surface area contributed by atoms with E-state index in [1.807, 2.05) is 0 Å². The average Bonchev–Trinajstić information content (AvgIpc) is 4.03. The van der Waals surface area contributed by atoms with Gasteiger partial charge in [0, 0.05) is 23.7 Å². The normalized spacial score (nSPS) is 14.0. The van der Waals surface area contributed by atoms with Gasteiger partial charge in [0.25, 0.3) is 0 Å². The first-order valence-corrected chi connectivity index (χ1v) is 24.8. The van der Waals surface area contributed by atoms with Gasteiger partial charge in [-0.15, -0.1) is 0 Å². The van der Waals surface area contributed by atoms with Crippen molar-refractivity contribution in [2.45, 2.75) is 79.1 Å². The summed E-state index contributed by atoms with van der Waals surface area (Å²) in [4.78, 5) is 0. The molecule has 2 heteroatoms. The van der Waals surface area contributed by atoms with Crippen molar-refractivity contribution in [2.75, 3.05) is 0 Å². The first-order chi connectivity index (χ1) is 33.9. The highest BCUT2D eigenvalue weighted by Gasteiger charge is 2.47. The Labute approximate surface area is 412 Å². The molecule has 0 amide bonds. The summed E-state index contributed by atoms with van der Waals surface area (Å²) in [5.74, 6) is -1.14. The van der Waals surface area contributed by atoms with E-state index in [1.165, 1.54) is 134 Å². The lowest BCUT2D eigenvalue weighted by Crippen LogP contribution is -2.22. The predicted molar refractivity (Wildman–Crippen MR) is 285 cm³/mol. The van der Waals surface area contributed by atoms with E-state index in [2.05, 4.69) is 213 Å². The SMILES string of the molecule is Cc1ccc2c(c1)-c1cc(C)ccc1C2c1c(C#N)c(C#N)c(C2c3ccc(C)cc3-c3cc(C)ccc32)c(C2c3ccc(C)cc3-c3cc(C)ccc32)c1C1c2ccc(C)cc2-c2cc(C)ccc21. The van der Waals surface area contributed by atoms with Crippen LogP contribution in [0.3, 0.4) is 0 Å². The summed E-state index contributed by atoms with van der Waals surface area (Å²) in [7, 11) is 0. The predicted octanol–water partition coefficient (Wildman–Crippen LogP) is 16.5. The zero-order valence-corrected chi connectivity index (χ0v) is 41.1. The molecule has 0 fully saturated rings. The molecule has 9 aromatic rings. The van der Waals surface area contributed by atoms with Crippen molar-refractivity contribution in [1.29, 1.82) is 10.5 Å². The third-order valence-corrected chi connectivity index (χ3v) is 16.4. The second-order valence-corrected chi connectivity index (χ2v) is 21.1. The zero-order chi connectivity index (χ0) is 48.0. The molecule has 0 aromatic heterocycles. The quantitative estimate of drug-likeness (QED) is 0.177. The number of nitriles is 2.